The highest BCUT2D eigenvalue weighted by Gasteiger charge is 2.42. The van der Waals surface area contributed by atoms with Crippen LogP contribution >= 0.6 is 0 Å². The van der Waals surface area contributed by atoms with Crippen LogP contribution in [0, 0.1) is 11.8 Å². The van der Waals surface area contributed by atoms with Crippen LogP contribution in [0.2, 0.25) is 0 Å². The molecule has 8 heteroatoms. The lowest BCUT2D eigenvalue weighted by atomic mass is 10.0. The van der Waals surface area contributed by atoms with Crippen molar-refractivity contribution < 1.29 is 24.2 Å². The lowest BCUT2D eigenvalue weighted by Crippen LogP contribution is -2.37. The smallest absolute Gasteiger partial charge is 0.357 e. The molecule has 168 valence electrons. The van der Waals surface area contributed by atoms with Gasteiger partial charge in [0.25, 0.3) is 5.91 Å². The van der Waals surface area contributed by atoms with E-state index in [9.17, 15) is 14.7 Å². The number of carbonyl (C=O) groups excluding carboxylic acids is 2. The molecule has 4 rings (SSSR count). The number of benzene rings is 2. The maximum Gasteiger partial charge on any atom is 0.357 e. The van der Waals surface area contributed by atoms with Gasteiger partial charge in [0.15, 0.2) is 11.5 Å². The number of hydrogen-bond acceptors (Lipinski definition) is 7. The standard InChI is InChI=1S/C25H23N3O5/c1-4-33-23(29)21-19-9-8-18(32-3)15-20(19)26-22(27-21)17-7-5-6-16(14-17)10-11-25(31)12-13-28(2)24(25)30/h5-9,14-15,31H,4,12-13H2,1-3H3. The molecule has 1 fully saturated rings. The van der Waals surface area contributed by atoms with Crippen molar-refractivity contribution in [2.75, 3.05) is 27.3 Å². The molecule has 33 heavy (non-hydrogen) atoms. The monoisotopic (exact) mass is 445 g/mol. The number of aromatic nitrogens is 2. The van der Waals surface area contributed by atoms with Gasteiger partial charge < -0.3 is 19.5 Å². The Morgan fingerprint density at radius 1 is 1.24 bits per heavy atom. The van der Waals surface area contributed by atoms with Gasteiger partial charge in [-0.05, 0) is 31.2 Å². The Morgan fingerprint density at radius 2 is 2.06 bits per heavy atom. The van der Waals surface area contributed by atoms with Crippen LogP contribution in [0.25, 0.3) is 22.3 Å². The molecular formula is C25H23N3O5. The minimum Gasteiger partial charge on any atom is -0.497 e. The van der Waals surface area contributed by atoms with E-state index < -0.39 is 17.5 Å². The first kappa shape index (κ1) is 22.2. The number of esters is 1. The number of rotatable bonds is 4. The summed E-state index contributed by atoms with van der Waals surface area (Å²) in [7, 11) is 3.19. The van der Waals surface area contributed by atoms with E-state index in [1.54, 1.807) is 63.5 Å². The maximum atomic E-state index is 12.6. The van der Waals surface area contributed by atoms with E-state index in [1.165, 1.54) is 4.90 Å². The molecule has 0 bridgehead atoms. The van der Waals surface area contributed by atoms with Crippen molar-refractivity contribution in [2.45, 2.75) is 18.9 Å². The molecule has 1 amide bonds. The first-order chi connectivity index (χ1) is 15.8. The van der Waals surface area contributed by atoms with Gasteiger partial charge in [0.1, 0.15) is 5.75 Å². The van der Waals surface area contributed by atoms with Crippen LogP contribution in [-0.2, 0) is 9.53 Å². The van der Waals surface area contributed by atoms with Crippen molar-refractivity contribution in [2.24, 2.45) is 0 Å². The van der Waals surface area contributed by atoms with Crippen LogP contribution < -0.4 is 4.74 Å². The molecule has 0 radical (unpaired) electrons. The van der Waals surface area contributed by atoms with Crippen LogP contribution in [-0.4, -0.2) is 64.8 Å². The van der Waals surface area contributed by atoms with E-state index in [2.05, 4.69) is 21.8 Å². The quantitative estimate of drug-likeness (QED) is 0.486. The summed E-state index contributed by atoms with van der Waals surface area (Å²) in [6.07, 6.45) is 0.257. The van der Waals surface area contributed by atoms with Crippen molar-refractivity contribution in [3.63, 3.8) is 0 Å². The first-order valence-electron chi connectivity index (χ1n) is 10.5. The number of carbonyl (C=O) groups is 2. The molecule has 1 saturated heterocycles. The van der Waals surface area contributed by atoms with Crippen molar-refractivity contribution in [1.82, 2.24) is 14.9 Å². The molecule has 0 saturated carbocycles. The Labute approximate surface area is 191 Å². The third-order valence-corrected chi connectivity index (χ3v) is 5.42. The predicted molar refractivity (Wildman–Crippen MR) is 122 cm³/mol. The number of likely N-dealkylation sites (N-methyl/N-ethyl adjacent to an activating group) is 1. The summed E-state index contributed by atoms with van der Waals surface area (Å²) in [6.45, 7) is 2.40. The molecule has 3 aromatic rings. The summed E-state index contributed by atoms with van der Waals surface area (Å²) in [5.74, 6) is 5.56. The molecular weight excluding hydrogens is 422 g/mol. The van der Waals surface area contributed by atoms with Crippen LogP contribution in [0.1, 0.15) is 29.4 Å². The molecule has 0 aliphatic carbocycles. The highest BCUT2D eigenvalue weighted by molar-refractivity contribution is 6.02. The Hall–Kier alpha value is -3.96. The average Bonchev–Trinajstić information content (AvgIpc) is 3.09. The molecule has 1 N–H and O–H groups in total. The molecule has 2 aromatic carbocycles. The largest absolute Gasteiger partial charge is 0.497 e. The SMILES string of the molecule is CCOC(=O)c1nc(-c2cccc(C#CC3(O)CCN(C)C3=O)c2)nc2cc(OC)ccc12. The average molecular weight is 445 g/mol. The van der Waals surface area contributed by atoms with Gasteiger partial charge in [-0.3, -0.25) is 4.79 Å². The van der Waals surface area contributed by atoms with Gasteiger partial charge in [0.05, 0.1) is 19.2 Å². The number of nitrogens with zero attached hydrogens (tertiary/aromatic N) is 3. The van der Waals surface area contributed by atoms with Gasteiger partial charge in [0, 0.05) is 42.6 Å². The fourth-order valence-corrected chi connectivity index (χ4v) is 3.60. The highest BCUT2D eigenvalue weighted by Crippen LogP contribution is 2.26. The molecule has 1 aromatic heterocycles. The van der Waals surface area contributed by atoms with Crippen molar-refractivity contribution >= 4 is 22.8 Å². The zero-order chi connectivity index (χ0) is 23.6. The van der Waals surface area contributed by atoms with E-state index in [0.29, 0.717) is 40.1 Å². The number of amides is 1. The molecule has 1 atom stereocenters. The zero-order valence-corrected chi connectivity index (χ0v) is 18.6. The number of aliphatic hydroxyl groups is 1. The summed E-state index contributed by atoms with van der Waals surface area (Å²) >= 11 is 0. The summed E-state index contributed by atoms with van der Waals surface area (Å²) in [5.41, 5.74) is 0.213. The lowest BCUT2D eigenvalue weighted by Gasteiger charge is -2.13. The Kier molecular flexibility index (Phi) is 5.99. The molecule has 1 aliphatic heterocycles. The fraction of sp³-hybridized carbons (Fsp3) is 0.280. The molecule has 1 aliphatic rings. The molecule has 2 heterocycles. The van der Waals surface area contributed by atoms with Crippen LogP contribution in [0.3, 0.4) is 0 Å². The second-order valence-electron chi connectivity index (χ2n) is 7.67. The second kappa shape index (κ2) is 8.88. The van der Waals surface area contributed by atoms with Gasteiger partial charge in [-0.15, -0.1) is 0 Å². The number of hydrogen-bond donors (Lipinski definition) is 1. The zero-order valence-electron chi connectivity index (χ0n) is 18.6. The van der Waals surface area contributed by atoms with E-state index in [4.69, 9.17) is 9.47 Å². The first-order valence-corrected chi connectivity index (χ1v) is 10.5. The summed E-state index contributed by atoms with van der Waals surface area (Å²) < 4.78 is 10.5. The Bertz CT molecular complexity index is 1310. The van der Waals surface area contributed by atoms with Gasteiger partial charge in [-0.25, -0.2) is 14.8 Å². The van der Waals surface area contributed by atoms with Crippen LogP contribution in [0.15, 0.2) is 42.5 Å². The molecule has 8 nitrogen and oxygen atoms in total. The number of likely N-dealkylation sites (tertiary alicyclic amines) is 1. The Balaban J connectivity index is 1.77. The van der Waals surface area contributed by atoms with Crippen molar-refractivity contribution in [1.29, 1.82) is 0 Å². The molecule has 0 spiro atoms. The van der Waals surface area contributed by atoms with Gasteiger partial charge >= 0.3 is 5.97 Å². The van der Waals surface area contributed by atoms with E-state index >= 15 is 0 Å². The Morgan fingerprint density at radius 3 is 2.76 bits per heavy atom. The number of methoxy groups -OCH3 is 1. The normalized spacial score (nSPS) is 17.6. The summed E-state index contributed by atoms with van der Waals surface area (Å²) in [5, 5.41) is 11.1. The van der Waals surface area contributed by atoms with Gasteiger partial charge in [-0.2, -0.15) is 0 Å². The highest BCUT2D eigenvalue weighted by atomic mass is 16.5. The minimum atomic E-state index is -1.68. The number of ether oxygens (including phenoxy) is 2. The maximum absolute atomic E-state index is 12.6. The topological polar surface area (TPSA) is 102 Å². The van der Waals surface area contributed by atoms with E-state index in [-0.39, 0.29) is 18.7 Å². The van der Waals surface area contributed by atoms with E-state index in [0.717, 1.165) is 0 Å². The fourth-order valence-electron chi connectivity index (χ4n) is 3.60. The third-order valence-electron chi connectivity index (χ3n) is 5.42. The van der Waals surface area contributed by atoms with Crippen molar-refractivity contribution in [3.8, 4) is 29.0 Å². The van der Waals surface area contributed by atoms with Crippen LogP contribution in [0.4, 0.5) is 0 Å². The van der Waals surface area contributed by atoms with Crippen LogP contribution in [0.5, 0.6) is 5.75 Å². The third kappa shape index (κ3) is 4.36. The van der Waals surface area contributed by atoms with Crippen molar-refractivity contribution in [3.05, 3.63) is 53.7 Å². The summed E-state index contributed by atoms with van der Waals surface area (Å²) in [4.78, 5) is 35.3. The van der Waals surface area contributed by atoms with E-state index in [1.807, 2.05) is 0 Å². The summed E-state index contributed by atoms with van der Waals surface area (Å²) in [6, 6.07) is 12.3. The minimum absolute atomic E-state index is 0.157. The lowest BCUT2D eigenvalue weighted by molar-refractivity contribution is -0.137. The van der Waals surface area contributed by atoms with Gasteiger partial charge in [-0.1, -0.05) is 24.0 Å². The second-order valence-corrected chi connectivity index (χ2v) is 7.67. The van der Waals surface area contributed by atoms with Gasteiger partial charge in [0.2, 0.25) is 5.60 Å². The number of fused-ring (bicyclic) bond motifs is 1. The molecule has 1 unspecified atom stereocenters. The predicted octanol–water partition coefficient (Wildman–Crippen LogP) is 2.43.